The molecule has 3 atom stereocenters. The van der Waals surface area contributed by atoms with Gasteiger partial charge in [0.05, 0.1) is 18.1 Å². The minimum atomic E-state index is -0.878. The first-order chi connectivity index (χ1) is 11.0. The van der Waals surface area contributed by atoms with Gasteiger partial charge in [-0.15, -0.1) is 0 Å². The number of fused-ring (bicyclic) bond motifs is 2. The molecular formula is C16H20BrN3O3. The molecule has 6 nitrogen and oxygen atoms in total. The van der Waals surface area contributed by atoms with Crippen molar-refractivity contribution in [3.8, 4) is 5.75 Å². The number of aliphatic imine (C=N–C) groups is 1. The molecule has 3 heterocycles. The van der Waals surface area contributed by atoms with E-state index in [1.54, 1.807) is 7.05 Å². The van der Waals surface area contributed by atoms with Crippen LogP contribution in [0, 0.1) is 5.92 Å². The lowest BCUT2D eigenvalue weighted by Gasteiger charge is -2.51. The van der Waals surface area contributed by atoms with Gasteiger partial charge < -0.3 is 15.2 Å². The lowest BCUT2D eigenvalue weighted by molar-refractivity contribution is -0.247. The van der Waals surface area contributed by atoms with Crippen molar-refractivity contribution in [2.45, 2.75) is 31.1 Å². The Hall–Kier alpha value is -1.31. The van der Waals surface area contributed by atoms with Crippen LogP contribution in [0.5, 0.6) is 5.75 Å². The molecule has 0 aromatic heterocycles. The highest BCUT2D eigenvalue weighted by molar-refractivity contribution is 9.10. The molecule has 4 rings (SSSR count). The van der Waals surface area contributed by atoms with Crippen LogP contribution in [0.1, 0.15) is 25.3 Å². The maximum atomic E-state index is 6.43. The molecule has 1 saturated heterocycles. The maximum absolute atomic E-state index is 6.43. The standard InChI is InChI=1S/C16H20BrN3O3/c1-10-15(6-3-7-21-9-15)22-13-5-4-11(17)8-12(13)16(10)19-14(18)20(2)23-16/h4-5,8,10H,3,6-7,9H2,1-2H3,(H2,18,19). The van der Waals surface area contributed by atoms with Crippen molar-refractivity contribution in [2.24, 2.45) is 16.6 Å². The Balaban J connectivity index is 1.91. The summed E-state index contributed by atoms with van der Waals surface area (Å²) >= 11 is 3.53. The average Bonchev–Trinajstić information content (AvgIpc) is 2.84. The molecule has 3 aliphatic rings. The largest absolute Gasteiger partial charge is 0.484 e. The van der Waals surface area contributed by atoms with E-state index in [9.17, 15) is 0 Å². The van der Waals surface area contributed by atoms with Crippen LogP contribution in [-0.4, -0.2) is 36.9 Å². The minimum absolute atomic E-state index is 0.0411. The van der Waals surface area contributed by atoms with Crippen LogP contribution in [0.25, 0.3) is 0 Å². The zero-order valence-corrected chi connectivity index (χ0v) is 14.8. The normalized spacial score (nSPS) is 36.0. The van der Waals surface area contributed by atoms with E-state index in [-0.39, 0.29) is 5.92 Å². The molecule has 2 N–H and O–H groups in total. The molecule has 1 aromatic rings. The Morgan fingerprint density at radius 2 is 2.26 bits per heavy atom. The summed E-state index contributed by atoms with van der Waals surface area (Å²) in [7, 11) is 1.78. The molecule has 1 fully saturated rings. The molecule has 0 bridgehead atoms. The summed E-state index contributed by atoms with van der Waals surface area (Å²) in [5.74, 6) is 1.11. The molecule has 3 unspecified atom stereocenters. The van der Waals surface area contributed by atoms with Gasteiger partial charge in [-0.3, -0.25) is 0 Å². The van der Waals surface area contributed by atoms with Gasteiger partial charge in [0.15, 0.2) is 0 Å². The van der Waals surface area contributed by atoms with E-state index in [0.29, 0.717) is 12.6 Å². The van der Waals surface area contributed by atoms with E-state index in [1.807, 2.05) is 18.2 Å². The monoisotopic (exact) mass is 381 g/mol. The predicted molar refractivity (Wildman–Crippen MR) is 88.9 cm³/mol. The summed E-state index contributed by atoms with van der Waals surface area (Å²) in [6, 6.07) is 5.92. The van der Waals surface area contributed by atoms with Crippen molar-refractivity contribution in [1.82, 2.24) is 5.06 Å². The Labute approximate surface area is 143 Å². The number of halogens is 1. The number of rotatable bonds is 0. The maximum Gasteiger partial charge on any atom is 0.224 e. The van der Waals surface area contributed by atoms with Crippen LogP contribution in [0.4, 0.5) is 0 Å². The quantitative estimate of drug-likeness (QED) is 0.746. The van der Waals surface area contributed by atoms with Crippen molar-refractivity contribution in [3.05, 3.63) is 28.2 Å². The Bertz CT molecular complexity index is 675. The molecule has 0 amide bonds. The van der Waals surface area contributed by atoms with Gasteiger partial charge in [0, 0.05) is 18.1 Å². The van der Waals surface area contributed by atoms with Gasteiger partial charge in [-0.2, -0.15) is 0 Å². The van der Waals surface area contributed by atoms with Crippen LogP contribution in [-0.2, 0) is 15.3 Å². The third-order valence-corrected chi connectivity index (χ3v) is 5.62. The van der Waals surface area contributed by atoms with Gasteiger partial charge in [0.2, 0.25) is 11.7 Å². The zero-order chi connectivity index (χ0) is 16.2. The van der Waals surface area contributed by atoms with Crippen LogP contribution in [0.2, 0.25) is 0 Å². The van der Waals surface area contributed by atoms with Crippen molar-refractivity contribution in [2.75, 3.05) is 20.3 Å². The molecule has 7 heteroatoms. The van der Waals surface area contributed by atoms with Crippen molar-refractivity contribution in [3.63, 3.8) is 0 Å². The van der Waals surface area contributed by atoms with Crippen molar-refractivity contribution >= 4 is 21.9 Å². The average molecular weight is 382 g/mol. The SMILES string of the molecule is CC1C2(CCCOC2)Oc2ccc(Br)cc2C12N=C(N)N(C)O2. The molecule has 0 saturated carbocycles. The second-order valence-corrected chi connectivity index (χ2v) is 7.36. The van der Waals surface area contributed by atoms with E-state index >= 15 is 0 Å². The fourth-order valence-corrected chi connectivity index (χ4v) is 4.14. The highest BCUT2D eigenvalue weighted by Gasteiger charge is 2.60. The van der Waals surface area contributed by atoms with E-state index in [2.05, 4.69) is 22.9 Å². The second kappa shape index (κ2) is 5.09. The van der Waals surface area contributed by atoms with Crippen LogP contribution in [0.3, 0.4) is 0 Å². The topological polar surface area (TPSA) is 69.3 Å². The summed E-state index contributed by atoms with van der Waals surface area (Å²) in [6.45, 7) is 3.41. The number of nitrogens with two attached hydrogens (primary N) is 1. The van der Waals surface area contributed by atoms with E-state index < -0.39 is 11.3 Å². The fraction of sp³-hybridized carbons (Fsp3) is 0.562. The molecule has 124 valence electrons. The smallest absolute Gasteiger partial charge is 0.224 e. The number of ether oxygens (including phenoxy) is 2. The van der Waals surface area contributed by atoms with Gasteiger partial charge >= 0.3 is 0 Å². The summed E-state index contributed by atoms with van der Waals surface area (Å²) in [6.07, 6.45) is 1.87. The lowest BCUT2D eigenvalue weighted by atomic mass is 9.72. The third kappa shape index (κ3) is 2.10. The lowest BCUT2D eigenvalue weighted by Crippen LogP contribution is -2.59. The second-order valence-electron chi connectivity index (χ2n) is 6.44. The van der Waals surface area contributed by atoms with E-state index in [0.717, 1.165) is 35.2 Å². The van der Waals surface area contributed by atoms with Gasteiger partial charge in [0.25, 0.3) is 0 Å². The molecule has 0 radical (unpaired) electrons. The molecule has 23 heavy (non-hydrogen) atoms. The predicted octanol–water partition coefficient (Wildman–Crippen LogP) is 2.37. The number of hydrogen-bond acceptors (Lipinski definition) is 6. The molecule has 1 aromatic carbocycles. The Kier molecular flexibility index (Phi) is 3.37. The Morgan fingerprint density at radius 1 is 1.43 bits per heavy atom. The molecule has 0 aliphatic carbocycles. The first kappa shape index (κ1) is 15.2. The zero-order valence-electron chi connectivity index (χ0n) is 13.2. The summed E-state index contributed by atoms with van der Waals surface area (Å²) in [5.41, 5.74) is 5.59. The molecule has 3 aliphatic heterocycles. The third-order valence-electron chi connectivity index (χ3n) is 5.13. The highest BCUT2D eigenvalue weighted by atomic mass is 79.9. The number of guanidine groups is 1. The van der Waals surface area contributed by atoms with Crippen LogP contribution in [0.15, 0.2) is 27.7 Å². The Morgan fingerprint density at radius 3 is 2.91 bits per heavy atom. The highest BCUT2D eigenvalue weighted by Crippen LogP contribution is 2.54. The first-order valence-corrected chi connectivity index (χ1v) is 8.61. The van der Waals surface area contributed by atoms with Gasteiger partial charge in [0.1, 0.15) is 11.4 Å². The summed E-state index contributed by atoms with van der Waals surface area (Å²) in [5, 5.41) is 1.53. The number of nitrogens with zero attached hydrogens (tertiary/aromatic N) is 2. The van der Waals surface area contributed by atoms with Crippen molar-refractivity contribution in [1.29, 1.82) is 0 Å². The van der Waals surface area contributed by atoms with Gasteiger partial charge in [-0.1, -0.05) is 22.9 Å². The van der Waals surface area contributed by atoms with E-state index in [1.165, 1.54) is 5.06 Å². The van der Waals surface area contributed by atoms with E-state index in [4.69, 9.17) is 25.0 Å². The van der Waals surface area contributed by atoms with Crippen molar-refractivity contribution < 1.29 is 14.3 Å². The van der Waals surface area contributed by atoms with Crippen LogP contribution >= 0.6 is 15.9 Å². The number of hydrogen-bond donors (Lipinski definition) is 1. The summed E-state index contributed by atoms with van der Waals surface area (Å²) < 4.78 is 13.1. The molecule has 2 spiro atoms. The number of hydroxylamine groups is 2. The fourth-order valence-electron chi connectivity index (χ4n) is 3.78. The summed E-state index contributed by atoms with van der Waals surface area (Å²) in [4.78, 5) is 10.9. The van der Waals surface area contributed by atoms with Crippen LogP contribution < -0.4 is 10.5 Å². The minimum Gasteiger partial charge on any atom is -0.484 e. The number of benzene rings is 1. The van der Waals surface area contributed by atoms with Gasteiger partial charge in [-0.25, -0.2) is 14.9 Å². The molecular weight excluding hydrogens is 362 g/mol. The van der Waals surface area contributed by atoms with Gasteiger partial charge in [-0.05, 0) is 31.0 Å². The first-order valence-electron chi connectivity index (χ1n) is 7.82.